The lowest BCUT2D eigenvalue weighted by Gasteiger charge is -2.14. The lowest BCUT2D eigenvalue weighted by molar-refractivity contribution is -0.116. The standard InChI is InChI=1S/C20H20O/c21-20-18(15-16-9-3-1-4-10-16)13-7-8-14-19(20)17-11-5-2-6-12-17/h1-6,9-12,15,19H,7-8,13-14H2/b18-15-. The third-order valence-corrected chi connectivity index (χ3v) is 4.16. The van der Waals surface area contributed by atoms with Gasteiger partial charge in [0.2, 0.25) is 0 Å². The van der Waals surface area contributed by atoms with Gasteiger partial charge in [-0.25, -0.2) is 0 Å². The minimum Gasteiger partial charge on any atom is -0.294 e. The van der Waals surface area contributed by atoms with E-state index in [4.69, 9.17) is 0 Å². The minimum atomic E-state index is 0.0312. The SMILES string of the molecule is O=C1/C(=C\c2ccccc2)CCCCC1c1ccccc1. The van der Waals surface area contributed by atoms with Crippen LogP contribution < -0.4 is 0 Å². The Morgan fingerprint density at radius 3 is 2.24 bits per heavy atom. The van der Waals surface area contributed by atoms with Crippen molar-refractivity contribution in [1.82, 2.24) is 0 Å². The van der Waals surface area contributed by atoms with Gasteiger partial charge < -0.3 is 0 Å². The van der Waals surface area contributed by atoms with E-state index < -0.39 is 0 Å². The molecule has 0 aliphatic heterocycles. The smallest absolute Gasteiger partial charge is 0.166 e. The molecule has 0 radical (unpaired) electrons. The highest BCUT2D eigenvalue weighted by Crippen LogP contribution is 2.32. The number of carbonyl (C=O) groups is 1. The zero-order chi connectivity index (χ0) is 14.5. The highest BCUT2D eigenvalue weighted by Gasteiger charge is 2.25. The van der Waals surface area contributed by atoms with Gasteiger partial charge in [0.25, 0.3) is 0 Å². The fourth-order valence-corrected chi connectivity index (χ4v) is 3.04. The van der Waals surface area contributed by atoms with E-state index >= 15 is 0 Å². The van der Waals surface area contributed by atoms with E-state index in [1.807, 2.05) is 36.4 Å². The van der Waals surface area contributed by atoms with Gasteiger partial charge in [-0.2, -0.15) is 0 Å². The van der Waals surface area contributed by atoms with Gasteiger partial charge in [-0.05, 0) is 42.0 Å². The average Bonchev–Trinajstić information content (AvgIpc) is 2.72. The lowest BCUT2D eigenvalue weighted by atomic mass is 9.88. The zero-order valence-corrected chi connectivity index (χ0v) is 12.2. The molecule has 0 spiro atoms. The number of benzene rings is 2. The molecule has 106 valence electrons. The molecule has 0 saturated heterocycles. The molecule has 1 heteroatoms. The predicted molar refractivity (Wildman–Crippen MR) is 87.1 cm³/mol. The highest BCUT2D eigenvalue weighted by atomic mass is 16.1. The van der Waals surface area contributed by atoms with E-state index in [1.54, 1.807) is 0 Å². The molecule has 1 aliphatic rings. The van der Waals surface area contributed by atoms with Gasteiger partial charge in [0.05, 0.1) is 0 Å². The number of rotatable bonds is 2. The summed E-state index contributed by atoms with van der Waals surface area (Å²) in [6.07, 6.45) is 6.17. The molecule has 1 aliphatic carbocycles. The number of ketones is 1. The number of hydrogen-bond acceptors (Lipinski definition) is 1. The summed E-state index contributed by atoms with van der Waals surface area (Å²) in [6, 6.07) is 20.4. The van der Waals surface area contributed by atoms with Gasteiger partial charge >= 0.3 is 0 Å². The monoisotopic (exact) mass is 276 g/mol. The quantitative estimate of drug-likeness (QED) is 0.557. The fourth-order valence-electron chi connectivity index (χ4n) is 3.04. The Morgan fingerprint density at radius 2 is 1.52 bits per heavy atom. The van der Waals surface area contributed by atoms with Crippen LogP contribution in [0.5, 0.6) is 0 Å². The Balaban J connectivity index is 1.91. The van der Waals surface area contributed by atoms with Gasteiger partial charge in [-0.1, -0.05) is 67.1 Å². The predicted octanol–water partition coefficient (Wildman–Crippen LogP) is 5.00. The molecule has 0 heterocycles. The summed E-state index contributed by atoms with van der Waals surface area (Å²) >= 11 is 0. The molecule has 0 amide bonds. The first-order chi connectivity index (χ1) is 10.3. The second-order valence-corrected chi connectivity index (χ2v) is 5.65. The van der Waals surface area contributed by atoms with Crippen molar-refractivity contribution in [1.29, 1.82) is 0 Å². The molecule has 2 aromatic carbocycles. The Kier molecular flexibility index (Phi) is 4.30. The van der Waals surface area contributed by atoms with Crippen molar-refractivity contribution >= 4 is 11.9 Å². The van der Waals surface area contributed by atoms with E-state index in [9.17, 15) is 4.79 Å². The summed E-state index contributed by atoms with van der Waals surface area (Å²) in [5.74, 6) is 0.339. The molecule has 1 unspecified atom stereocenters. The maximum atomic E-state index is 12.9. The summed E-state index contributed by atoms with van der Waals surface area (Å²) in [5.41, 5.74) is 3.26. The van der Waals surface area contributed by atoms with Crippen molar-refractivity contribution in [3.63, 3.8) is 0 Å². The van der Waals surface area contributed by atoms with Crippen LogP contribution in [0.2, 0.25) is 0 Å². The number of hydrogen-bond donors (Lipinski definition) is 0. The third-order valence-electron chi connectivity index (χ3n) is 4.16. The Hall–Kier alpha value is -2.15. The lowest BCUT2D eigenvalue weighted by Crippen LogP contribution is -2.12. The fraction of sp³-hybridized carbons (Fsp3) is 0.250. The maximum Gasteiger partial charge on any atom is 0.166 e. The first-order valence-corrected chi connectivity index (χ1v) is 7.69. The van der Waals surface area contributed by atoms with Crippen LogP contribution in [-0.2, 0) is 4.79 Å². The van der Waals surface area contributed by atoms with Crippen molar-refractivity contribution in [3.05, 3.63) is 77.4 Å². The molecular formula is C20H20O. The molecule has 1 atom stereocenters. The van der Waals surface area contributed by atoms with Crippen molar-refractivity contribution in [2.24, 2.45) is 0 Å². The second-order valence-electron chi connectivity index (χ2n) is 5.65. The first-order valence-electron chi connectivity index (χ1n) is 7.69. The van der Waals surface area contributed by atoms with Crippen molar-refractivity contribution < 1.29 is 4.79 Å². The summed E-state index contributed by atoms with van der Waals surface area (Å²) in [5, 5.41) is 0. The molecule has 1 saturated carbocycles. The summed E-state index contributed by atoms with van der Waals surface area (Å²) in [6.45, 7) is 0. The highest BCUT2D eigenvalue weighted by molar-refractivity contribution is 6.04. The molecule has 1 nitrogen and oxygen atoms in total. The number of Topliss-reactive ketones (excluding diaryl/α,β-unsaturated/α-hetero) is 1. The van der Waals surface area contributed by atoms with Crippen LogP contribution in [0.1, 0.15) is 42.7 Å². The summed E-state index contributed by atoms with van der Waals surface area (Å²) in [7, 11) is 0. The van der Waals surface area contributed by atoms with Gasteiger partial charge in [0.15, 0.2) is 5.78 Å². The molecule has 0 N–H and O–H groups in total. The first kappa shape index (κ1) is 13.8. The van der Waals surface area contributed by atoms with Gasteiger partial charge in [0.1, 0.15) is 0 Å². The van der Waals surface area contributed by atoms with Gasteiger partial charge in [-0.3, -0.25) is 4.79 Å². The Bertz CT molecular complexity index is 625. The molecule has 1 fully saturated rings. The zero-order valence-electron chi connectivity index (χ0n) is 12.2. The minimum absolute atomic E-state index is 0.0312. The molecular weight excluding hydrogens is 256 g/mol. The van der Waals surface area contributed by atoms with Crippen LogP contribution in [0.3, 0.4) is 0 Å². The summed E-state index contributed by atoms with van der Waals surface area (Å²) < 4.78 is 0. The average molecular weight is 276 g/mol. The topological polar surface area (TPSA) is 17.1 Å². The van der Waals surface area contributed by atoms with Crippen molar-refractivity contribution in [2.45, 2.75) is 31.6 Å². The molecule has 0 bridgehead atoms. The van der Waals surface area contributed by atoms with Crippen LogP contribution in [0.25, 0.3) is 6.08 Å². The van der Waals surface area contributed by atoms with Crippen molar-refractivity contribution in [3.8, 4) is 0 Å². The molecule has 2 aromatic rings. The van der Waals surface area contributed by atoms with Crippen molar-refractivity contribution in [2.75, 3.05) is 0 Å². The van der Waals surface area contributed by atoms with Gasteiger partial charge in [0, 0.05) is 5.92 Å². The Morgan fingerprint density at radius 1 is 0.857 bits per heavy atom. The van der Waals surface area contributed by atoms with Gasteiger partial charge in [-0.15, -0.1) is 0 Å². The van der Waals surface area contributed by atoms with Crippen LogP contribution in [0, 0.1) is 0 Å². The maximum absolute atomic E-state index is 12.9. The normalized spacial score (nSPS) is 21.2. The van der Waals surface area contributed by atoms with Crippen LogP contribution in [0.4, 0.5) is 0 Å². The van der Waals surface area contributed by atoms with E-state index in [2.05, 4.69) is 30.3 Å². The second kappa shape index (κ2) is 6.53. The van der Waals surface area contributed by atoms with E-state index in [0.717, 1.165) is 42.4 Å². The molecule has 21 heavy (non-hydrogen) atoms. The van der Waals surface area contributed by atoms with E-state index in [-0.39, 0.29) is 5.92 Å². The number of carbonyl (C=O) groups excluding carboxylic acids is 1. The summed E-state index contributed by atoms with van der Waals surface area (Å²) in [4.78, 5) is 12.9. The Labute approximate surface area is 126 Å². The van der Waals surface area contributed by atoms with Crippen LogP contribution >= 0.6 is 0 Å². The van der Waals surface area contributed by atoms with Crippen LogP contribution in [-0.4, -0.2) is 5.78 Å². The number of allylic oxidation sites excluding steroid dienone is 1. The largest absolute Gasteiger partial charge is 0.294 e. The van der Waals surface area contributed by atoms with E-state index in [1.165, 1.54) is 0 Å². The third kappa shape index (κ3) is 3.30. The van der Waals surface area contributed by atoms with Crippen LogP contribution in [0.15, 0.2) is 66.2 Å². The molecule has 0 aromatic heterocycles. The van der Waals surface area contributed by atoms with E-state index in [0.29, 0.717) is 5.78 Å². The molecule has 3 rings (SSSR count).